The fourth-order valence-corrected chi connectivity index (χ4v) is 5.07. The molecule has 1 saturated heterocycles. The molecule has 2 heterocycles. The number of hydrogen-bond donors (Lipinski definition) is 1. The molecule has 0 bridgehead atoms. The first-order valence-corrected chi connectivity index (χ1v) is 11.2. The molecule has 1 aromatic carbocycles. The molecule has 0 aromatic heterocycles. The van der Waals surface area contributed by atoms with Crippen molar-refractivity contribution < 1.29 is 36.3 Å². The Labute approximate surface area is 223 Å². The van der Waals surface area contributed by atoms with Crippen molar-refractivity contribution in [2.24, 2.45) is 22.1 Å². The highest BCUT2D eigenvalue weighted by Gasteiger charge is 2.53. The van der Waals surface area contributed by atoms with Crippen molar-refractivity contribution in [1.29, 1.82) is 0 Å². The Bertz CT molecular complexity index is 1100. The van der Waals surface area contributed by atoms with Crippen LogP contribution in [0.1, 0.15) is 31.7 Å². The summed E-state index contributed by atoms with van der Waals surface area (Å²) >= 11 is 0. The van der Waals surface area contributed by atoms with Crippen molar-refractivity contribution in [3.63, 3.8) is 0 Å². The Morgan fingerprint density at radius 2 is 1.76 bits per heavy atom. The van der Waals surface area contributed by atoms with Gasteiger partial charge in [0.25, 0.3) is 0 Å². The minimum atomic E-state index is -2.57. The molecule has 7 nitrogen and oxygen atoms in total. The average Bonchev–Trinajstić information content (AvgIpc) is 3.43. The standard InChI is InChI=1S/C23H23F5N4O3.2H2S/c1-11-14(17(33)8-12-6-15(24)19(26)16(25)7-12)3-5-32(11)22(35)21(34)30-23(18-2-4-29-31-18)9-13(10-23)20(27)28;;/h2,6-7,11,13-14,20H,3-5,8-10H2,1H3,(H,30,34);2*1H2/t11-,13?,14-,23?;;/m0../s1. The van der Waals surface area contributed by atoms with Gasteiger partial charge in [0.1, 0.15) is 5.78 Å². The van der Waals surface area contributed by atoms with Crippen LogP contribution in [0.3, 0.4) is 0 Å². The highest BCUT2D eigenvalue weighted by atomic mass is 32.1. The summed E-state index contributed by atoms with van der Waals surface area (Å²) in [4.78, 5) is 39.7. The number of Topliss-reactive ketones (excluding diaryl/α,β-unsaturated/α-hetero) is 1. The zero-order valence-corrected chi connectivity index (χ0v) is 21.7. The summed E-state index contributed by atoms with van der Waals surface area (Å²) in [6.07, 6.45) is -1.24. The van der Waals surface area contributed by atoms with Crippen LogP contribution in [-0.4, -0.2) is 53.6 Å². The number of benzene rings is 1. The van der Waals surface area contributed by atoms with Gasteiger partial charge >= 0.3 is 11.8 Å². The lowest BCUT2D eigenvalue weighted by atomic mass is 9.66. The first kappa shape index (κ1) is 30.7. The maximum absolute atomic E-state index is 13.5. The average molecular weight is 567 g/mol. The molecule has 3 aliphatic rings. The molecule has 1 N–H and O–H groups in total. The fourth-order valence-electron chi connectivity index (χ4n) is 5.07. The van der Waals surface area contributed by atoms with Crippen molar-refractivity contribution in [3.8, 4) is 0 Å². The van der Waals surface area contributed by atoms with Crippen LogP contribution in [0.2, 0.25) is 0 Å². The lowest BCUT2D eigenvalue weighted by Gasteiger charge is -2.47. The Morgan fingerprint density at radius 1 is 1.14 bits per heavy atom. The summed E-state index contributed by atoms with van der Waals surface area (Å²) in [6.45, 7) is 1.92. The maximum atomic E-state index is 13.5. The minimum absolute atomic E-state index is 0. The summed E-state index contributed by atoms with van der Waals surface area (Å²) in [5.74, 6) is -8.40. The van der Waals surface area contributed by atoms with E-state index in [2.05, 4.69) is 15.5 Å². The molecule has 14 heteroatoms. The van der Waals surface area contributed by atoms with Crippen molar-refractivity contribution in [3.05, 3.63) is 46.9 Å². The number of likely N-dealkylation sites (tertiary alicyclic amines) is 1. The smallest absolute Gasteiger partial charge is 0.312 e. The second kappa shape index (κ2) is 11.9. The molecule has 37 heavy (non-hydrogen) atoms. The Balaban J connectivity index is 0.00000241. The van der Waals surface area contributed by atoms with Gasteiger partial charge in [0.05, 0.1) is 17.8 Å². The molecule has 0 spiro atoms. The normalized spacial score (nSPS) is 26.2. The molecule has 0 radical (unpaired) electrons. The van der Waals surface area contributed by atoms with Crippen LogP contribution in [0, 0.1) is 29.3 Å². The summed E-state index contributed by atoms with van der Waals surface area (Å²) in [7, 11) is 0. The number of nitrogens with zero attached hydrogens (tertiary/aromatic N) is 3. The van der Waals surface area contributed by atoms with Crippen LogP contribution in [0.4, 0.5) is 22.0 Å². The fraction of sp³-hybridized carbons (Fsp3) is 0.522. The topological polar surface area (TPSA) is 91.2 Å². The lowest BCUT2D eigenvalue weighted by molar-refractivity contribution is -0.148. The second-order valence-corrected chi connectivity index (χ2v) is 9.20. The molecule has 1 aliphatic carbocycles. The molecule has 2 fully saturated rings. The molecule has 2 amide bonds. The van der Waals surface area contributed by atoms with Crippen LogP contribution in [0.15, 0.2) is 34.1 Å². The quantitative estimate of drug-likeness (QED) is 0.324. The highest BCUT2D eigenvalue weighted by Crippen LogP contribution is 2.47. The van der Waals surface area contributed by atoms with Gasteiger partial charge in [-0.3, -0.25) is 14.4 Å². The molecular weight excluding hydrogens is 539 g/mol. The van der Waals surface area contributed by atoms with Gasteiger partial charge in [-0.15, -0.1) is 0 Å². The zero-order valence-electron chi connectivity index (χ0n) is 19.7. The summed E-state index contributed by atoms with van der Waals surface area (Å²) < 4.78 is 66.3. The molecule has 2 aliphatic heterocycles. The van der Waals surface area contributed by atoms with E-state index in [9.17, 15) is 36.3 Å². The van der Waals surface area contributed by atoms with Gasteiger partial charge in [-0.2, -0.15) is 37.2 Å². The van der Waals surface area contributed by atoms with Crippen molar-refractivity contribution in [1.82, 2.24) is 10.2 Å². The molecular formula is C23H27F5N4O3S2. The lowest BCUT2D eigenvalue weighted by Crippen LogP contribution is -2.62. The van der Waals surface area contributed by atoms with E-state index in [0.29, 0.717) is 5.70 Å². The number of carbonyl (C=O) groups is 3. The van der Waals surface area contributed by atoms with Crippen molar-refractivity contribution in [2.45, 2.75) is 50.6 Å². The Kier molecular flexibility index (Phi) is 9.91. The van der Waals surface area contributed by atoms with Crippen LogP contribution in [0.25, 0.3) is 0 Å². The van der Waals surface area contributed by atoms with E-state index >= 15 is 0 Å². The second-order valence-electron chi connectivity index (χ2n) is 9.20. The van der Waals surface area contributed by atoms with E-state index in [4.69, 9.17) is 0 Å². The molecule has 2 atom stereocenters. The van der Waals surface area contributed by atoms with Gasteiger partial charge in [0.2, 0.25) is 6.43 Å². The number of ketones is 1. The van der Waals surface area contributed by atoms with Gasteiger partial charge in [-0.05, 0) is 50.0 Å². The molecule has 204 valence electrons. The van der Waals surface area contributed by atoms with Gasteiger partial charge < -0.3 is 10.2 Å². The van der Waals surface area contributed by atoms with Gasteiger partial charge in [-0.25, -0.2) is 22.0 Å². The van der Waals surface area contributed by atoms with Crippen molar-refractivity contribution >= 4 is 44.6 Å². The Hall–Kier alpha value is -2.48. The maximum Gasteiger partial charge on any atom is 0.312 e. The third-order valence-electron chi connectivity index (χ3n) is 7.01. The Morgan fingerprint density at radius 3 is 2.30 bits per heavy atom. The number of carbonyl (C=O) groups excluding carboxylic acids is 3. The van der Waals surface area contributed by atoms with Crippen LogP contribution >= 0.6 is 27.0 Å². The van der Waals surface area contributed by atoms with Crippen LogP contribution in [-0.2, 0) is 20.8 Å². The number of hydrogen-bond acceptors (Lipinski definition) is 5. The molecule has 4 rings (SSSR count). The highest BCUT2D eigenvalue weighted by molar-refractivity contribution is 7.59. The third-order valence-corrected chi connectivity index (χ3v) is 7.01. The largest absolute Gasteiger partial charge is 0.337 e. The van der Waals surface area contributed by atoms with E-state index in [1.54, 1.807) is 13.0 Å². The predicted octanol–water partition coefficient (Wildman–Crippen LogP) is 3.56. The summed E-state index contributed by atoms with van der Waals surface area (Å²) in [5.41, 5.74) is -0.889. The van der Waals surface area contributed by atoms with E-state index in [0.717, 1.165) is 12.1 Å². The van der Waals surface area contributed by atoms with Gasteiger partial charge in [0, 0.05) is 30.8 Å². The molecule has 1 aromatic rings. The monoisotopic (exact) mass is 566 g/mol. The number of halogens is 5. The third kappa shape index (κ3) is 6.00. The van der Waals surface area contributed by atoms with Crippen molar-refractivity contribution in [2.75, 3.05) is 13.1 Å². The first-order valence-electron chi connectivity index (χ1n) is 11.2. The summed E-state index contributed by atoms with van der Waals surface area (Å²) in [5, 5.41) is 10.3. The van der Waals surface area contributed by atoms with E-state index in [1.165, 1.54) is 4.90 Å². The number of rotatable bonds is 6. The number of amides is 2. The van der Waals surface area contributed by atoms with Gasteiger partial charge in [0.15, 0.2) is 17.5 Å². The van der Waals surface area contributed by atoms with E-state index in [1.807, 2.05) is 0 Å². The minimum Gasteiger partial charge on any atom is -0.337 e. The van der Waals surface area contributed by atoms with E-state index < -0.39 is 64.9 Å². The number of azo groups is 1. The summed E-state index contributed by atoms with van der Waals surface area (Å²) in [6, 6.07) is 0.797. The zero-order chi connectivity index (χ0) is 25.5. The number of alkyl halides is 2. The van der Waals surface area contributed by atoms with Gasteiger partial charge in [-0.1, -0.05) is 0 Å². The van der Waals surface area contributed by atoms with Crippen LogP contribution in [0.5, 0.6) is 0 Å². The van der Waals surface area contributed by atoms with E-state index in [-0.39, 0.29) is 71.3 Å². The number of nitrogens with one attached hydrogen (secondary N) is 1. The predicted molar refractivity (Wildman–Crippen MR) is 132 cm³/mol. The molecule has 1 saturated carbocycles. The van der Waals surface area contributed by atoms with Crippen LogP contribution < -0.4 is 5.32 Å². The molecule has 0 unspecified atom stereocenters. The first-order chi connectivity index (χ1) is 16.5. The SMILES string of the molecule is C[C@H]1[C@@H](C(=O)Cc2cc(F)c(F)c(F)c2)CCN1C(=O)C(=O)NC1(C2=CCN=N2)CC(C(F)F)C1.S.S.